The lowest BCUT2D eigenvalue weighted by Gasteiger charge is -2.35. The second kappa shape index (κ2) is 6.05. The van der Waals surface area contributed by atoms with Crippen LogP contribution < -0.4 is 5.73 Å². The van der Waals surface area contributed by atoms with Crippen LogP contribution in [0, 0.1) is 0 Å². The van der Waals surface area contributed by atoms with Crippen molar-refractivity contribution in [2.75, 3.05) is 59.9 Å². The van der Waals surface area contributed by atoms with E-state index in [1.54, 1.807) is 0 Å². The summed E-state index contributed by atoms with van der Waals surface area (Å²) in [5.41, 5.74) is 5.32. The van der Waals surface area contributed by atoms with Crippen molar-refractivity contribution in [3.63, 3.8) is 0 Å². The van der Waals surface area contributed by atoms with Crippen molar-refractivity contribution in [2.45, 2.75) is 0 Å². The molecule has 0 radical (unpaired) electrons. The number of hydrogen-bond acceptors (Lipinski definition) is 4. The van der Waals surface area contributed by atoms with Crippen LogP contribution >= 0.6 is 0 Å². The molecule has 1 amide bonds. The lowest BCUT2D eigenvalue weighted by Crippen LogP contribution is -2.51. The zero-order chi connectivity index (χ0) is 11.3. The molecule has 1 aliphatic rings. The van der Waals surface area contributed by atoms with Gasteiger partial charge in [0, 0.05) is 39.3 Å². The van der Waals surface area contributed by atoms with E-state index in [-0.39, 0.29) is 12.5 Å². The summed E-state index contributed by atoms with van der Waals surface area (Å²) in [6, 6.07) is 0. The molecule has 0 spiro atoms. The van der Waals surface area contributed by atoms with Gasteiger partial charge in [0.15, 0.2) is 0 Å². The number of hydrogen-bond donors (Lipinski definition) is 1. The predicted molar refractivity (Wildman–Crippen MR) is 60.6 cm³/mol. The average Bonchev–Trinajstić information content (AvgIpc) is 2.26. The zero-order valence-electron chi connectivity index (χ0n) is 9.78. The third kappa shape index (κ3) is 4.15. The minimum Gasteiger partial charge on any atom is -0.339 e. The smallest absolute Gasteiger partial charge is 0.236 e. The van der Waals surface area contributed by atoms with Crippen LogP contribution in [0.1, 0.15) is 0 Å². The molecule has 0 saturated carbocycles. The Hall–Kier alpha value is -0.650. The van der Waals surface area contributed by atoms with Gasteiger partial charge in [0.05, 0.1) is 6.54 Å². The van der Waals surface area contributed by atoms with Gasteiger partial charge in [-0.2, -0.15) is 0 Å². The summed E-state index contributed by atoms with van der Waals surface area (Å²) in [6.07, 6.45) is 0. The number of amides is 1. The fraction of sp³-hybridized carbons (Fsp3) is 0.900. The number of nitrogens with two attached hydrogens (primary N) is 1. The molecule has 5 heteroatoms. The van der Waals surface area contributed by atoms with E-state index in [0.717, 1.165) is 39.3 Å². The topological polar surface area (TPSA) is 52.8 Å². The first-order chi connectivity index (χ1) is 7.13. The van der Waals surface area contributed by atoms with Crippen LogP contribution in [0.2, 0.25) is 0 Å². The Morgan fingerprint density at radius 3 is 2.33 bits per heavy atom. The van der Waals surface area contributed by atoms with E-state index in [0.29, 0.717) is 0 Å². The Kier molecular flexibility index (Phi) is 5.01. The van der Waals surface area contributed by atoms with Gasteiger partial charge >= 0.3 is 0 Å². The van der Waals surface area contributed by atoms with E-state index in [4.69, 9.17) is 5.73 Å². The molecule has 1 saturated heterocycles. The summed E-state index contributed by atoms with van der Waals surface area (Å²) in [4.78, 5) is 17.7. The molecule has 0 atom stereocenters. The Bertz CT molecular complexity index is 200. The molecule has 0 aromatic heterocycles. The standard InChI is InChI=1S/C10H22N4O/c1-12(2)3-4-13-5-7-14(8-6-13)10(15)9-11/h3-9,11H2,1-2H3. The fourth-order valence-electron chi connectivity index (χ4n) is 1.69. The minimum absolute atomic E-state index is 0.0715. The van der Waals surface area contributed by atoms with E-state index < -0.39 is 0 Å². The molecule has 1 heterocycles. The van der Waals surface area contributed by atoms with Crippen LogP contribution in [-0.4, -0.2) is 80.5 Å². The molecule has 0 unspecified atom stereocenters. The maximum atomic E-state index is 11.3. The summed E-state index contributed by atoms with van der Waals surface area (Å²) in [6.45, 7) is 5.88. The molecule has 15 heavy (non-hydrogen) atoms. The van der Waals surface area contributed by atoms with E-state index in [9.17, 15) is 4.79 Å². The van der Waals surface area contributed by atoms with Gasteiger partial charge in [-0.05, 0) is 14.1 Å². The van der Waals surface area contributed by atoms with E-state index >= 15 is 0 Å². The maximum absolute atomic E-state index is 11.3. The highest BCUT2D eigenvalue weighted by atomic mass is 16.2. The molecule has 5 nitrogen and oxygen atoms in total. The summed E-state index contributed by atoms with van der Waals surface area (Å²) < 4.78 is 0. The van der Waals surface area contributed by atoms with Crippen molar-refractivity contribution in [3.05, 3.63) is 0 Å². The number of carbonyl (C=O) groups excluding carboxylic acids is 1. The number of carbonyl (C=O) groups is 1. The van der Waals surface area contributed by atoms with Crippen LogP contribution in [0.5, 0.6) is 0 Å². The molecule has 1 aliphatic heterocycles. The number of nitrogens with zero attached hydrogens (tertiary/aromatic N) is 3. The van der Waals surface area contributed by atoms with Gasteiger partial charge in [0.25, 0.3) is 0 Å². The third-order valence-electron chi connectivity index (χ3n) is 2.76. The van der Waals surface area contributed by atoms with Crippen LogP contribution in [0.3, 0.4) is 0 Å². The lowest BCUT2D eigenvalue weighted by atomic mass is 10.3. The van der Waals surface area contributed by atoms with Gasteiger partial charge in [0.2, 0.25) is 5.91 Å². The summed E-state index contributed by atoms with van der Waals surface area (Å²) in [5.74, 6) is 0.0715. The molecule has 1 rings (SSSR count). The van der Waals surface area contributed by atoms with Crippen molar-refractivity contribution < 1.29 is 4.79 Å². The zero-order valence-corrected chi connectivity index (χ0v) is 9.78. The Morgan fingerprint density at radius 1 is 1.27 bits per heavy atom. The first-order valence-electron chi connectivity index (χ1n) is 5.48. The summed E-state index contributed by atoms with van der Waals surface area (Å²) >= 11 is 0. The molecule has 88 valence electrons. The normalized spacial score (nSPS) is 18.5. The van der Waals surface area contributed by atoms with Crippen molar-refractivity contribution in [1.82, 2.24) is 14.7 Å². The van der Waals surface area contributed by atoms with Gasteiger partial charge in [-0.25, -0.2) is 0 Å². The number of rotatable bonds is 4. The predicted octanol–water partition coefficient (Wildman–Crippen LogP) is -1.35. The largest absolute Gasteiger partial charge is 0.339 e. The van der Waals surface area contributed by atoms with Gasteiger partial charge in [-0.3, -0.25) is 9.69 Å². The molecule has 1 fully saturated rings. The lowest BCUT2D eigenvalue weighted by molar-refractivity contribution is -0.131. The third-order valence-corrected chi connectivity index (χ3v) is 2.76. The van der Waals surface area contributed by atoms with Crippen LogP contribution in [0.4, 0.5) is 0 Å². The molecule has 0 bridgehead atoms. The number of piperazine rings is 1. The van der Waals surface area contributed by atoms with Crippen molar-refractivity contribution >= 4 is 5.91 Å². The minimum atomic E-state index is 0.0715. The molecule has 0 aromatic rings. The van der Waals surface area contributed by atoms with Gasteiger partial charge < -0.3 is 15.5 Å². The van der Waals surface area contributed by atoms with Crippen molar-refractivity contribution in [3.8, 4) is 0 Å². The Balaban J connectivity index is 2.21. The quantitative estimate of drug-likeness (QED) is 0.629. The first-order valence-corrected chi connectivity index (χ1v) is 5.48. The van der Waals surface area contributed by atoms with Crippen molar-refractivity contribution in [1.29, 1.82) is 0 Å². The number of likely N-dealkylation sites (N-methyl/N-ethyl adjacent to an activating group) is 1. The first kappa shape index (κ1) is 12.4. The molecular formula is C10H22N4O. The second-order valence-electron chi connectivity index (χ2n) is 4.23. The van der Waals surface area contributed by atoms with E-state index in [2.05, 4.69) is 23.9 Å². The van der Waals surface area contributed by atoms with Gasteiger partial charge in [-0.1, -0.05) is 0 Å². The van der Waals surface area contributed by atoms with Crippen LogP contribution in [-0.2, 0) is 4.79 Å². The van der Waals surface area contributed by atoms with E-state index in [1.807, 2.05) is 4.90 Å². The molecule has 0 aromatic carbocycles. The Morgan fingerprint density at radius 2 is 1.87 bits per heavy atom. The SMILES string of the molecule is CN(C)CCN1CCN(C(=O)CN)CC1. The van der Waals surface area contributed by atoms with E-state index in [1.165, 1.54) is 0 Å². The highest BCUT2D eigenvalue weighted by Crippen LogP contribution is 2.01. The van der Waals surface area contributed by atoms with Crippen molar-refractivity contribution in [2.24, 2.45) is 5.73 Å². The van der Waals surface area contributed by atoms with Gasteiger partial charge in [0.1, 0.15) is 0 Å². The molecule has 0 aliphatic carbocycles. The monoisotopic (exact) mass is 214 g/mol. The highest BCUT2D eigenvalue weighted by Gasteiger charge is 2.19. The fourth-order valence-corrected chi connectivity index (χ4v) is 1.69. The van der Waals surface area contributed by atoms with Crippen LogP contribution in [0.15, 0.2) is 0 Å². The summed E-state index contributed by atoms with van der Waals surface area (Å²) in [7, 11) is 4.16. The molecule has 2 N–H and O–H groups in total. The second-order valence-corrected chi connectivity index (χ2v) is 4.23. The summed E-state index contributed by atoms with van der Waals surface area (Å²) in [5, 5.41) is 0. The molecular weight excluding hydrogens is 192 g/mol. The van der Waals surface area contributed by atoms with Crippen LogP contribution in [0.25, 0.3) is 0 Å². The average molecular weight is 214 g/mol. The maximum Gasteiger partial charge on any atom is 0.236 e. The Labute approximate surface area is 91.8 Å². The highest BCUT2D eigenvalue weighted by molar-refractivity contribution is 5.78. The van der Waals surface area contributed by atoms with Gasteiger partial charge in [-0.15, -0.1) is 0 Å².